The van der Waals surface area contributed by atoms with Gasteiger partial charge in [-0.25, -0.2) is 0 Å². The zero-order valence-electron chi connectivity index (χ0n) is 12.5. The molecule has 1 aromatic carbocycles. The summed E-state index contributed by atoms with van der Waals surface area (Å²) in [6.45, 7) is 1.77. The average molecular weight is 401 g/mol. The molecule has 5 nitrogen and oxygen atoms in total. The van der Waals surface area contributed by atoms with E-state index in [0.717, 1.165) is 5.56 Å². The van der Waals surface area contributed by atoms with Crippen molar-refractivity contribution in [3.8, 4) is 11.5 Å². The Morgan fingerprint density at radius 2 is 1.88 bits per heavy atom. The maximum atomic E-state index is 12.8. The van der Waals surface area contributed by atoms with Crippen molar-refractivity contribution in [2.24, 2.45) is 0 Å². The molecule has 0 amide bonds. The Balaban J connectivity index is 1.74. The van der Waals surface area contributed by atoms with Crippen LogP contribution in [0.15, 0.2) is 39.2 Å². The van der Waals surface area contributed by atoms with E-state index in [9.17, 15) is 13.2 Å². The number of aromatic nitrogens is 4. The first-order chi connectivity index (χ1) is 11.4. The summed E-state index contributed by atoms with van der Waals surface area (Å²) in [7, 11) is 0. The van der Waals surface area contributed by atoms with Crippen molar-refractivity contribution in [3.05, 3.63) is 52.1 Å². The monoisotopic (exact) mass is 400 g/mol. The lowest BCUT2D eigenvalue weighted by Crippen LogP contribution is -2.10. The minimum Gasteiger partial charge on any atom is -0.421 e. The number of alkyl halides is 3. The number of benzene rings is 1. The molecule has 0 radical (unpaired) electrons. The second-order valence-corrected chi connectivity index (χ2v) is 5.88. The Hall–Kier alpha value is -2.16. The summed E-state index contributed by atoms with van der Waals surface area (Å²) in [6.07, 6.45) is -4.22. The van der Waals surface area contributed by atoms with E-state index in [-0.39, 0.29) is 17.4 Å². The maximum Gasteiger partial charge on any atom is 0.436 e. The fourth-order valence-electron chi connectivity index (χ4n) is 2.18. The molecule has 2 heterocycles. The van der Waals surface area contributed by atoms with Crippen LogP contribution in [0.3, 0.4) is 0 Å². The number of hydrogen-bond acceptors (Lipinski definition) is 4. The van der Waals surface area contributed by atoms with E-state index < -0.39 is 11.9 Å². The van der Waals surface area contributed by atoms with Crippen LogP contribution in [-0.2, 0) is 19.1 Å². The quantitative estimate of drug-likeness (QED) is 0.656. The Morgan fingerprint density at radius 3 is 2.50 bits per heavy atom. The average Bonchev–Trinajstić information content (AvgIpc) is 3.12. The zero-order valence-corrected chi connectivity index (χ0v) is 14.1. The molecule has 0 atom stereocenters. The summed E-state index contributed by atoms with van der Waals surface area (Å²) < 4.78 is 45.3. The Labute approximate surface area is 143 Å². The molecule has 0 N–H and O–H groups in total. The molecule has 0 unspecified atom stereocenters. The number of rotatable bonds is 4. The van der Waals surface area contributed by atoms with Crippen LogP contribution in [0.1, 0.15) is 17.3 Å². The third-order valence-electron chi connectivity index (χ3n) is 3.43. The number of halogens is 4. The van der Waals surface area contributed by atoms with Crippen LogP contribution in [-0.4, -0.2) is 20.0 Å². The molecule has 0 aliphatic rings. The summed E-state index contributed by atoms with van der Waals surface area (Å²) >= 11 is 2.94. The summed E-state index contributed by atoms with van der Waals surface area (Å²) in [5.41, 5.74) is 0.245. The van der Waals surface area contributed by atoms with E-state index in [1.807, 2.05) is 30.3 Å². The molecular weight excluding hydrogens is 389 g/mol. The highest BCUT2D eigenvalue weighted by Gasteiger charge is 2.37. The van der Waals surface area contributed by atoms with Gasteiger partial charge in [0.05, 0.1) is 10.2 Å². The predicted molar refractivity (Wildman–Crippen MR) is 83.1 cm³/mol. The van der Waals surface area contributed by atoms with E-state index in [1.165, 1.54) is 4.68 Å². The van der Waals surface area contributed by atoms with Gasteiger partial charge in [-0.1, -0.05) is 18.2 Å². The Kier molecular flexibility index (Phi) is 4.44. The van der Waals surface area contributed by atoms with Gasteiger partial charge in [0.1, 0.15) is 0 Å². The molecule has 9 heteroatoms. The minimum atomic E-state index is -4.50. The van der Waals surface area contributed by atoms with Crippen LogP contribution in [0, 0.1) is 6.92 Å². The molecule has 0 aliphatic carbocycles. The van der Waals surface area contributed by atoms with Crippen LogP contribution in [0.4, 0.5) is 13.2 Å². The molecule has 0 saturated carbocycles. The second-order valence-electron chi connectivity index (χ2n) is 5.09. The summed E-state index contributed by atoms with van der Waals surface area (Å²) in [5, 5.41) is 11.5. The molecule has 3 rings (SSSR count). The topological polar surface area (TPSA) is 56.7 Å². The van der Waals surface area contributed by atoms with Crippen LogP contribution >= 0.6 is 15.9 Å². The fourth-order valence-corrected chi connectivity index (χ4v) is 2.69. The first-order valence-electron chi connectivity index (χ1n) is 7.04. The second kappa shape index (κ2) is 6.39. The van der Waals surface area contributed by atoms with Crippen molar-refractivity contribution in [1.82, 2.24) is 20.0 Å². The van der Waals surface area contributed by atoms with Crippen molar-refractivity contribution in [3.63, 3.8) is 0 Å². The third kappa shape index (κ3) is 3.35. The Morgan fingerprint density at radius 1 is 1.17 bits per heavy atom. The summed E-state index contributed by atoms with van der Waals surface area (Å²) in [5.74, 6) is 0.716. The van der Waals surface area contributed by atoms with Crippen molar-refractivity contribution in [2.45, 2.75) is 26.1 Å². The van der Waals surface area contributed by atoms with Gasteiger partial charge >= 0.3 is 6.18 Å². The van der Waals surface area contributed by atoms with Gasteiger partial charge < -0.3 is 4.42 Å². The van der Waals surface area contributed by atoms with Gasteiger partial charge in [0.25, 0.3) is 0 Å². The highest BCUT2D eigenvalue weighted by Crippen LogP contribution is 2.35. The van der Waals surface area contributed by atoms with Crippen molar-refractivity contribution in [1.29, 1.82) is 0 Å². The van der Waals surface area contributed by atoms with Crippen molar-refractivity contribution in [2.75, 3.05) is 0 Å². The molecule has 0 bridgehead atoms. The van der Waals surface area contributed by atoms with E-state index in [2.05, 4.69) is 31.2 Å². The SMILES string of the molecule is Cc1c(Br)c(C(F)(F)F)nn1CCc1nnc(-c2ccccc2)o1. The lowest BCUT2D eigenvalue weighted by molar-refractivity contribution is -0.142. The normalized spacial score (nSPS) is 11.9. The van der Waals surface area contributed by atoms with Crippen molar-refractivity contribution < 1.29 is 17.6 Å². The molecular formula is C15H12BrF3N4O. The van der Waals surface area contributed by atoms with Gasteiger partial charge in [-0.15, -0.1) is 10.2 Å². The van der Waals surface area contributed by atoms with Gasteiger partial charge in [-0.05, 0) is 35.0 Å². The smallest absolute Gasteiger partial charge is 0.421 e. The van der Waals surface area contributed by atoms with Gasteiger partial charge in [0.15, 0.2) is 5.69 Å². The first-order valence-corrected chi connectivity index (χ1v) is 7.83. The van der Waals surface area contributed by atoms with Crippen LogP contribution in [0.5, 0.6) is 0 Å². The van der Waals surface area contributed by atoms with Gasteiger partial charge in [-0.3, -0.25) is 4.68 Å². The Bertz CT molecular complexity index is 842. The van der Waals surface area contributed by atoms with E-state index >= 15 is 0 Å². The van der Waals surface area contributed by atoms with E-state index in [0.29, 0.717) is 17.5 Å². The van der Waals surface area contributed by atoms with Crippen molar-refractivity contribution >= 4 is 15.9 Å². The van der Waals surface area contributed by atoms with Gasteiger partial charge in [-0.2, -0.15) is 18.3 Å². The molecule has 0 saturated heterocycles. The standard InChI is InChI=1S/C15H12BrF3N4O/c1-9-12(16)13(15(17,18)19)22-23(9)8-7-11-20-21-14(24-11)10-5-3-2-4-6-10/h2-6H,7-8H2,1H3. The van der Waals surface area contributed by atoms with E-state index in [1.54, 1.807) is 6.92 Å². The lowest BCUT2D eigenvalue weighted by atomic mass is 10.2. The molecule has 0 fully saturated rings. The maximum absolute atomic E-state index is 12.8. The number of aryl methyl sites for hydroxylation is 2. The highest BCUT2D eigenvalue weighted by molar-refractivity contribution is 9.10. The lowest BCUT2D eigenvalue weighted by Gasteiger charge is -2.02. The number of hydrogen-bond donors (Lipinski definition) is 0. The fraction of sp³-hybridized carbons (Fsp3) is 0.267. The number of nitrogens with zero attached hydrogens (tertiary/aromatic N) is 4. The largest absolute Gasteiger partial charge is 0.436 e. The molecule has 0 spiro atoms. The minimum absolute atomic E-state index is 0.0505. The molecule has 2 aromatic heterocycles. The zero-order chi connectivity index (χ0) is 17.3. The first kappa shape index (κ1) is 16.7. The third-order valence-corrected chi connectivity index (χ3v) is 4.38. The molecule has 3 aromatic rings. The van der Waals surface area contributed by atoms with Crippen LogP contribution < -0.4 is 0 Å². The van der Waals surface area contributed by atoms with Gasteiger partial charge in [0, 0.05) is 18.5 Å². The van der Waals surface area contributed by atoms with Crippen LogP contribution in [0.25, 0.3) is 11.5 Å². The van der Waals surface area contributed by atoms with Gasteiger partial charge in [0.2, 0.25) is 11.8 Å². The van der Waals surface area contributed by atoms with E-state index in [4.69, 9.17) is 4.42 Å². The predicted octanol–water partition coefficient (Wildman–Crippen LogP) is 4.27. The summed E-state index contributed by atoms with van der Waals surface area (Å²) in [6, 6.07) is 9.24. The molecule has 126 valence electrons. The summed E-state index contributed by atoms with van der Waals surface area (Å²) in [4.78, 5) is 0. The highest BCUT2D eigenvalue weighted by atomic mass is 79.9. The molecule has 24 heavy (non-hydrogen) atoms. The van der Waals surface area contributed by atoms with Crippen LogP contribution in [0.2, 0.25) is 0 Å². The molecule has 0 aliphatic heterocycles.